The van der Waals surface area contributed by atoms with Gasteiger partial charge >= 0.3 is 5.97 Å². The van der Waals surface area contributed by atoms with Crippen molar-refractivity contribution in [1.82, 2.24) is 15.0 Å². The van der Waals surface area contributed by atoms with Crippen LogP contribution in [0.15, 0.2) is 11.4 Å². The molecule has 0 bridgehead atoms. The highest BCUT2D eigenvalue weighted by atomic mass is 32.2. The number of thioether (sulfide) groups is 1. The summed E-state index contributed by atoms with van der Waals surface area (Å²) in [5.74, 6) is -0.244. The summed E-state index contributed by atoms with van der Waals surface area (Å²) in [7, 11) is 1.34. The van der Waals surface area contributed by atoms with Gasteiger partial charge in [-0.05, 0) is 44.2 Å². The van der Waals surface area contributed by atoms with Crippen molar-refractivity contribution in [2.45, 2.75) is 38.1 Å². The van der Waals surface area contributed by atoms with Crippen LogP contribution in [0.4, 0.5) is 0 Å². The smallest absolute Gasteiger partial charge is 0.339 e. The Morgan fingerprint density at radius 3 is 2.89 bits per heavy atom. The van der Waals surface area contributed by atoms with Crippen LogP contribution in [0.25, 0.3) is 10.2 Å². The highest BCUT2D eigenvalue weighted by Crippen LogP contribution is 2.40. The Morgan fingerprint density at radius 2 is 2.11 bits per heavy atom. The van der Waals surface area contributed by atoms with Gasteiger partial charge in [0.05, 0.1) is 24.1 Å². The molecule has 0 saturated carbocycles. The zero-order chi connectivity index (χ0) is 19.1. The molecule has 4 rings (SSSR count). The molecular weight excluding hydrogens is 382 g/mol. The van der Waals surface area contributed by atoms with Gasteiger partial charge in [0, 0.05) is 16.0 Å². The third-order valence-corrected chi connectivity index (χ3v) is 7.10. The van der Waals surface area contributed by atoms with Crippen LogP contribution in [-0.4, -0.2) is 39.6 Å². The molecule has 1 aliphatic carbocycles. The van der Waals surface area contributed by atoms with Gasteiger partial charge in [-0.15, -0.1) is 11.3 Å². The van der Waals surface area contributed by atoms with E-state index in [2.05, 4.69) is 15.0 Å². The molecule has 3 aromatic heterocycles. The number of nitrogens with zero attached hydrogens (tertiary/aromatic N) is 2. The van der Waals surface area contributed by atoms with Crippen molar-refractivity contribution < 1.29 is 14.3 Å². The molecular formula is C19H19N3O3S2. The Labute approximate surface area is 164 Å². The first-order valence-corrected chi connectivity index (χ1v) is 10.5. The monoisotopic (exact) mass is 401 g/mol. The lowest BCUT2D eigenvalue weighted by molar-refractivity contribution is 0.0599. The van der Waals surface area contributed by atoms with E-state index < -0.39 is 5.97 Å². The van der Waals surface area contributed by atoms with Gasteiger partial charge in [0.25, 0.3) is 0 Å². The number of methoxy groups -OCH3 is 1. The number of hydrogen-bond acceptors (Lipinski definition) is 7. The van der Waals surface area contributed by atoms with Crippen molar-refractivity contribution in [1.29, 1.82) is 0 Å². The van der Waals surface area contributed by atoms with Crippen LogP contribution in [0.5, 0.6) is 0 Å². The lowest BCUT2D eigenvalue weighted by atomic mass is 10.1. The van der Waals surface area contributed by atoms with E-state index in [1.54, 1.807) is 31.5 Å². The quantitative estimate of drug-likeness (QED) is 0.302. The number of fused-ring (bicyclic) bond motifs is 3. The highest BCUT2D eigenvalue weighted by molar-refractivity contribution is 8.00. The Hall–Kier alpha value is -2.19. The van der Waals surface area contributed by atoms with Gasteiger partial charge in [-0.3, -0.25) is 4.79 Å². The van der Waals surface area contributed by atoms with Crippen molar-refractivity contribution in [3.05, 3.63) is 39.3 Å². The van der Waals surface area contributed by atoms with Gasteiger partial charge < -0.3 is 9.72 Å². The van der Waals surface area contributed by atoms with Crippen molar-refractivity contribution >= 4 is 45.1 Å². The number of aromatic nitrogens is 3. The number of aromatic amines is 1. The second-order valence-corrected chi connectivity index (χ2v) is 8.59. The predicted octanol–water partition coefficient (Wildman–Crippen LogP) is 3.89. The number of hydrogen-bond donors (Lipinski definition) is 1. The Kier molecular flexibility index (Phi) is 4.77. The van der Waals surface area contributed by atoms with Crippen molar-refractivity contribution in [3.63, 3.8) is 0 Å². The summed E-state index contributed by atoms with van der Waals surface area (Å²) in [5.41, 5.74) is 3.53. The number of thiophene rings is 1. The van der Waals surface area contributed by atoms with Crippen LogP contribution in [0, 0.1) is 13.8 Å². The second-order valence-electron chi connectivity index (χ2n) is 6.54. The SMILES string of the molecule is COC(=O)c1c(C)[nH]c(C(=O)CSc2ncnc3sc4c(c23)CCC4)c1C. The van der Waals surface area contributed by atoms with Gasteiger partial charge in [0.1, 0.15) is 16.2 Å². The number of carbonyl (C=O) groups excluding carboxylic acids is 2. The number of nitrogens with one attached hydrogen (secondary N) is 1. The minimum Gasteiger partial charge on any atom is -0.465 e. The summed E-state index contributed by atoms with van der Waals surface area (Å²) in [6.45, 7) is 3.54. The van der Waals surface area contributed by atoms with E-state index >= 15 is 0 Å². The summed E-state index contributed by atoms with van der Waals surface area (Å²) in [5, 5.41) is 1.98. The first-order chi connectivity index (χ1) is 13.0. The molecule has 0 spiro atoms. The van der Waals surface area contributed by atoms with Gasteiger partial charge in [-0.2, -0.15) is 0 Å². The number of esters is 1. The maximum absolute atomic E-state index is 12.8. The standard InChI is InChI=1S/C19H19N3O3S2/c1-9-14(19(24)25-3)10(2)22-16(9)12(23)7-26-17-15-11-5-4-6-13(11)27-18(15)21-8-20-17/h8,22H,4-7H2,1-3H3. The van der Waals surface area contributed by atoms with Crippen LogP contribution < -0.4 is 0 Å². The van der Waals surface area contributed by atoms with Crippen molar-refractivity contribution in [2.75, 3.05) is 12.9 Å². The molecule has 1 aliphatic rings. The molecule has 0 amide bonds. The fourth-order valence-electron chi connectivity index (χ4n) is 3.65. The largest absolute Gasteiger partial charge is 0.465 e. The van der Waals surface area contributed by atoms with Crippen molar-refractivity contribution in [2.24, 2.45) is 0 Å². The average Bonchev–Trinajstić information content (AvgIpc) is 3.32. The third kappa shape index (κ3) is 3.06. The third-order valence-electron chi connectivity index (χ3n) is 4.91. The second kappa shape index (κ2) is 7.09. The lowest BCUT2D eigenvalue weighted by Gasteiger charge is -2.04. The average molecular weight is 402 g/mol. The number of ketones is 1. The number of carbonyl (C=O) groups is 2. The van der Waals surface area contributed by atoms with Crippen LogP contribution in [0.1, 0.15) is 49.0 Å². The lowest BCUT2D eigenvalue weighted by Crippen LogP contribution is -2.07. The number of ether oxygens (including phenoxy) is 1. The van der Waals surface area contributed by atoms with Gasteiger partial charge in [0.15, 0.2) is 5.78 Å². The minimum atomic E-state index is -0.431. The molecule has 3 heterocycles. The van der Waals surface area contributed by atoms with E-state index in [1.807, 2.05) is 0 Å². The highest BCUT2D eigenvalue weighted by Gasteiger charge is 2.24. The normalized spacial score (nSPS) is 13.1. The zero-order valence-corrected chi connectivity index (χ0v) is 17.0. The Balaban J connectivity index is 1.59. The number of rotatable bonds is 5. The summed E-state index contributed by atoms with van der Waals surface area (Å²) in [6.07, 6.45) is 4.91. The number of H-pyrrole nitrogens is 1. The molecule has 1 N–H and O–H groups in total. The molecule has 0 aromatic carbocycles. The van der Waals surface area contributed by atoms with E-state index in [9.17, 15) is 9.59 Å². The fraction of sp³-hybridized carbons (Fsp3) is 0.368. The van der Waals surface area contributed by atoms with Crippen molar-refractivity contribution in [3.8, 4) is 0 Å². The van der Waals surface area contributed by atoms with Gasteiger partial charge in [0.2, 0.25) is 0 Å². The van der Waals surface area contributed by atoms with Crippen LogP contribution in [-0.2, 0) is 17.6 Å². The topological polar surface area (TPSA) is 84.9 Å². The molecule has 0 saturated heterocycles. The molecule has 140 valence electrons. The van der Waals surface area contributed by atoms with E-state index in [4.69, 9.17) is 4.74 Å². The first kappa shape index (κ1) is 18.2. The summed E-state index contributed by atoms with van der Waals surface area (Å²) < 4.78 is 4.81. The summed E-state index contributed by atoms with van der Waals surface area (Å²) in [4.78, 5) is 39.0. The molecule has 0 fully saturated rings. The summed E-state index contributed by atoms with van der Waals surface area (Å²) >= 11 is 3.17. The molecule has 0 unspecified atom stereocenters. The number of Topliss-reactive ketones (excluding diaryl/α,β-unsaturated/α-hetero) is 1. The Bertz CT molecular complexity index is 1070. The molecule has 3 aromatic rings. The maximum Gasteiger partial charge on any atom is 0.339 e. The maximum atomic E-state index is 12.8. The van der Waals surface area contributed by atoms with Gasteiger partial charge in [-0.25, -0.2) is 14.8 Å². The minimum absolute atomic E-state index is 0.0607. The zero-order valence-electron chi connectivity index (χ0n) is 15.3. The van der Waals surface area contributed by atoms with E-state index in [-0.39, 0.29) is 11.5 Å². The molecule has 8 heteroatoms. The van der Waals surface area contributed by atoms with E-state index in [0.717, 1.165) is 28.1 Å². The van der Waals surface area contributed by atoms with E-state index in [0.29, 0.717) is 22.5 Å². The molecule has 0 atom stereocenters. The summed E-state index contributed by atoms with van der Waals surface area (Å²) in [6, 6.07) is 0. The van der Waals surface area contributed by atoms with E-state index in [1.165, 1.54) is 35.7 Å². The Morgan fingerprint density at radius 1 is 1.30 bits per heavy atom. The fourth-order valence-corrected chi connectivity index (χ4v) is 5.84. The van der Waals surface area contributed by atoms with Crippen LogP contribution in [0.2, 0.25) is 0 Å². The predicted molar refractivity (Wildman–Crippen MR) is 106 cm³/mol. The molecule has 0 radical (unpaired) electrons. The first-order valence-electron chi connectivity index (χ1n) is 8.70. The molecule has 27 heavy (non-hydrogen) atoms. The van der Waals surface area contributed by atoms with Crippen LogP contribution >= 0.6 is 23.1 Å². The molecule has 6 nitrogen and oxygen atoms in total. The van der Waals surface area contributed by atoms with Gasteiger partial charge in [-0.1, -0.05) is 11.8 Å². The number of aryl methyl sites for hydroxylation is 3. The van der Waals surface area contributed by atoms with Crippen LogP contribution in [0.3, 0.4) is 0 Å². The molecule has 0 aliphatic heterocycles.